The monoisotopic (exact) mass is 279 g/mol. The topological polar surface area (TPSA) is 29.0 Å². The smallest absolute Gasteiger partial charge is 0.355 e. The fourth-order valence-corrected chi connectivity index (χ4v) is 2.38. The standard InChI is InChI=1S/C11H13ClF3N3/c12-5-3-8-4-6-18(7-8)10-2-1-9(16-17-10)11(13,14)15/h1-2,8H,3-7H2. The summed E-state index contributed by atoms with van der Waals surface area (Å²) in [5.74, 6) is 1.60. The molecule has 2 rings (SSSR count). The van der Waals surface area contributed by atoms with E-state index < -0.39 is 11.9 Å². The van der Waals surface area contributed by atoms with E-state index in [1.54, 1.807) is 0 Å². The summed E-state index contributed by atoms with van der Waals surface area (Å²) in [6.45, 7) is 1.58. The molecule has 1 unspecified atom stereocenters. The van der Waals surface area contributed by atoms with E-state index in [1.165, 1.54) is 6.07 Å². The zero-order valence-corrected chi connectivity index (χ0v) is 10.4. The van der Waals surface area contributed by atoms with Crippen molar-refractivity contribution >= 4 is 17.4 Å². The van der Waals surface area contributed by atoms with E-state index in [4.69, 9.17) is 11.6 Å². The van der Waals surface area contributed by atoms with Crippen LogP contribution in [0.2, 0.25) is 0 Å². The van der Waals surface area contributed by atoms with Crippen LogP contribution < -0.4 is 4.90 Å². The van der Waals surface area contributed by atoms with Crippen LogP contribution in [0.5, 0.6) is 0 Å². The van der Waals surface area contributed by atoms with E-state index in [1.807, 2.05) is 4.90 Å². The third kappa shape index (κ3) is 3.04. The van der Waals surface area contributed by atoms with Crippen molar-refractivity contribution < 1.29 is 13.2 Å². The first kappa shape index (κ1) is 13.4. The predicted octanol–water partition coefficient (Wildman–Crippen LogP) is 2.95. The molecule has 1 aliphatic rings. The van der Waals surface area contributed by atoms with Gasteiger partial charge in [0.2, 0.25) is 0 Å². The third-order valence-electron chi connectivity index (χ3n) is 3.07. The van der Waals surface area contributed by atoms with Crippen molar-refractivity contribution in [1.82, 2.24) is 10.2 Å². The van der Waals surface area contributed by atoms with E-state index in [0.717, 1.165) is 32.0 Å². The van der Waals surface area contributed by atoms with Crippen molar-refractivity contribution in [1.29, 1.82) is 0 Å². The predicted molar refractivity (Wildman–Crippen MR) is 62.7 cm³/mol. The molecule has 0 saturated carbocycles. The van der Waals surface area contributed by atoms with Gasteiger partial charge in [0.25, 0.3) is 0 Å². The molecule has 0 bridgehead atoms. The highest BCUT2D eigenvalue weighted by molar-refractivity contribution is 6.17. The highest BCUT2D eigenvalue weighted by Gasteiger charge is 2.33. The molecule has 1 aliphatic heterocycles. The minimum atomic E-state index is -4.43. The van der Waals surface area contributed by atoms with Gasteiger partial charge in [0, 0.05) is 19.0 Å². The Morgan fingerprint density at radius 1 is 1.33 bits per heavy atom. The van der Waals surface area contributed by atoms with E-state index in [2.05, 4.69) is 10.2 Å². The Bertz CT molecular complexity index is 394. The maximum atomic E-state index is 12.3. The van der Waals surface area contributed by atoms with Crippen LogP contribution in [0, 0.1) is 5.92 Å². The summed E-state index contributed by atoms with van der Waals surface area (Å²) in [4.78, 5) is 1.95. The molecule has 0 aliphatic carbocycles. The average Bonchev–Trinajstić information content (AvgIpc) is 2.77. The number of nitrogens with zero attached hydrogens (tertiary/aromatic N) is 3. The molecule has 0 N–H and O–H groups in total. The molecule has 1 aromatic heterocycles. The lowest BCUT2D eigenvalue weighted by Crippen LogP contribution is -2.22. The number of hydrogen-bond acceptors (Lipinski definition) is 3. The van der Waals surface area contributed by atoms with Gasteiger partial charge in [0.1, 0.15) is 0 Å². The lowest BCUT2D eigenvalue weighted by Gasteiger charge is -2.17. The Hall–Kier alpha value is -1.04. The number of alkyl halides is 4. The Kier molecular flexibility index (Phi) is 3.94. The summed E-state index contributed by atoms with van der Waals surface area (Å²) >= 11 is 5.67. The molecule has 1 saturated heterocycles. The summed E-state index contributed by atoms with van der Waals surface area (Å²) in [6.07, 6.45) is -2.51. The van der Waals surface area contributed by atoms with Gasteiger partial charge in [-0.05, 0) is 30.9 Å². The zero-order chi connectivity index (χ0) is 13.2. The summed E-state index contributed by atoms with van der Waals surface area (Å²) in [5.41, 5.74) is -0.956. The van der Waals surface area contributed by atoms with Crippen molar-refractivity contribution in [2.75, 3.05) is 23.9 Å². The van der Waals surface area contributed by atoms with Crippen LogP contribution in [0.1, 0.15) is 18.5 Å². The molecule has 100 valence electrons. The molecule has 0 spiro atoms. The fourth-order valence-electron chi connectivity index (χ4n) is 2.08. The van der Waals surface area contributed by atoms with Crippen molar-refractivity contribution in [3.05, 3.63) is 17.8 Å². The summed E-state index contributed by atoms with van der Waals surface area (Å²) in [7, 11) is 0. The highest BCUT2D eigenvalue weighted by Crippen LogP contribution is 2.29. The van der Waals surface area contributed by atoms with Gasteiger partial charge in [0.15, 0.2) is 11.5 Å². The second kappa shape index (κ2) is 5.30. The largest absolute Gasteiger partial charge is 0.435 e. The fraction of sp³-hybridized carbons (Fsp3) is 0.636. The molecular weight excluding hydrogens is 267 g/mol. The maximum Gasteiger partial charge on any atom is 0.435 e. The van der Waals surface area contributed by atoms with E-state index in [0.29, 0.717) is 17.6 Å². The van der Waals surface area contributed by atoms with Crippen LogP contribution in [0.4, 0.5) is 19.0 Å². The number of rotatable bonds is 3. The van der Waals surface area contributed by atoms with Crippen molar-refractivity contribution in [2.45, 2.75) is 19.0 Å². The molecule has 0 amide bonds. The molecule has 7 heteroatoms. The minimum absolute atomic E-state index is 0.492. The molecule has 1 atom stereocenters. The van der Waals surface area contributed by atoms with E-state index in [-0.39, 0.29) is 0 Å². The second-order valence-corrected chi connectivity index (χ2v) is 4.73. The van der Waals surface area contributed by atoms with E-state index >= 15 is 0 Å². The van der Waals surface area contributed by atoms with Crippen molar-refractivity contribution in [2.24, 2.45) is 5.92 Å². The number of anilines is 1. The summed E-state index contributed by atoms with van der Waals surface area (Å²) in [5, 5.41) is 6.87. The van der Waals surface area contributed by atoms with Crippen molar-refractivity contribution in [3.8, 4) is 0 Å². The number of halogens is 4. The van der Waals surface area contributed by atoms with Gasteiger partial charge in [-0.2, -0.15) is 13.2 Å². The van der Waals surface area contributed by atoms with Gasteiger partial charge in [0.05, 0.1) is 0 Å². The highest BCUT2D eigenvalue weighted by atomic mass is 35.5. The summed E-state index contributed by atoms with van der Waals surface area (Å²) in [6, 6.07) is 2.34. The molecule has 1 fully saturated rings. The van der Waals surface area contributed by atoms with Crippen molar-refractivity contribution in [3.63, 3.8) is 0 Å². The Morgan fingerprint density at radius 2 is 2.11 bits per heavy atom. The molecule has 0 aromatic carbocycles. The Balaban J connectivity index is 2.03. The van der Waals surface area contributed by atoms with Gasteiger partial charge < -0.3 is 4.90 Å². The first-order chi connectivity index (χ1) is 8.50. The Labute approximate surface area is 108 Å². The number of hydrogen-bond donors (Lipinski definition) is 0. The SMILES string of the molecule is FC(F)(F)c1ccc(N2CCC(CCCl)C2)nn1. The first-order valence-electron chi connectivity index (χ1n) is 5.72. The average molecular weight is 280 g/mol. The van der Waals surface area contributed by atoms with Gasteiger partial charge in [-0.1, -0.05) is 0 Å². The van der Waals surface area contributed by atoms with Crippen LogP contribution in [-0.2, 0) is 6.18 Å². The molecule has 1 aromatic rings. The lowest BCUT2D eigenvalue weighted by atomic mass is 10.1. The van der Waals surface area contributed by atoms with Crippen LogP contribution in [0.15, 0.2) is 12.1 Å². The molecular formula is C11H13ClF3N3. The van der Waals surface area contributed by atoms with Crippen LogP contribution >= 0.6 is 11.6 Å². The third-order valence-corrected chi connectivity index (χ3v) is 3.29. The zero-order valence-electron chi connectivity index (χ0n) is 9.62. The van der Waals surface area contributed by atoms with Crippen LogP contribution in [0.25, 0.3) is 0 Å². The maximum absolute atomic E-state index is 12.3. The van der Waals surface area contributed by atoms with Gasteiger partial charge >= 0.3 is 6.18 Å². The molecule has 2 heterocycles. The second-order valence-electron chi connectivity index (χ2n) is 4.35. The quantitative estimate of drug-likeness (QED) is 0.797. The van der Waals surface area contributed by atoms with Gasteiger partial charge in [-0.3, -0.25) is 0 Å². The van der Waals surface area contributed by atoms with E-state index in [9.17, 15) is 13.2 Å². The first-order valence-corrected chi connectivity index (χ1v) is 6.26. The Morgan fingerprint density at radius 3 is 2.67 bits per heavy atom. The molecule has 3 nitrogen and oxygen atoms in total. The van der Waals surface area contributed by atoms with Gasteiger partial charge in [-0.15, -0.1) is 21.8 Å². The van der Waals surface area contributed by atoms with Crippen LogP contribution in [-0.4, -0.2) is 29.2 Å². The normalized spacial score (nSPS) is 20.4. The number of aromatic nitrogens is 2. The van der Waals surface area contributed by atoms with Gasteiger partial charge in [-0.25, -0.2) is 0 Å². The van der Waals surface area contributed by atoms with Crippen LogP contribution in [0.3, 0.4) is 0 Å². The molecule has 0 radical (unpaired) electrons. The summed E-state index contributed by atoms with van der Waals surface area (Å²) < 4.78 is 37.0. The lowest BCUT2D eigenvalue weighted by molar-refractivity contribution is -0.141. The molecule has 18 heavy (non-hydrogen) atoms. The minimum Gasteiger partial charge on any atom is -0.355 e.